The molecule has 0 spiro atoms. The van der Waals surface area contributed by atoms with Crippen LogP contribution in [0.4, 0.5) is 5.69 Å². The van der Waals surface area contributed by atoms with Gasteiger partial charge in [-0.05, 0) is 25.0 Å². The van der Waals surface area contributed by atoms with E-state index in [2.05, 4.69) is 11.7 Å². The predicted molar refractivity (Wildman–Crippen MR) is 87.7 cm³/mol. The summed E-state index contributed by atoms with van der Waals surface area (Å²) in [5.74, 6) is -0.199. The minimum Gasteiger partial charge on any atom is -0.341 e. The van der Waals surface area contributed by atoms with Gasteiger partial charge in [-0.3, -0.25) is 9.59 Å². The third-order valence-electron chi connectivity index (χ3n) is 3.53. The molecule has 0 saturated heterocycles. The second kappa shape index (κ2) is 7.54. The molecule has 1 heterocycles. The van der Waals surface area contributed by atoms with Crippen LogP contribution in [0.3, 0.4) is 0 Å². The first-order chi connectivity index (χ1) is 10.6. The number of benzene rings is 1. The largest absolute Gasteiger partial charge is 0.341 e. The van der Waals surface area contributed by atoms with Crippen LogP contribution in [0, 0.1) is 0 Å². The maximum Gasteiger partial charge on any atom is 0.269 e. The Morgan fingerprint density at radius 2 is 2.09 bits per heavy atom. The fourth-order valence-corrected chi connectivity index (χ4v) is 2.27. The Balaban J connectivity index is 2.11. The Hall–Kier alpha value is -2.43. The molecule has 0 aromatic heterocycles. The normalized spacial score (nSPS) is 14.5. The molecule has 5 nitrogen and oxygen atoms in total. The lowest BCUT2D eigenvalue weighted by atomic mass is 10.1. The van der Waals surface area contributed by atoms with Gasteiger partial charge in [0.25, 0.3) is 5.91 Å². The highest BCUT2D eigenvalue weighted by Gasteiger charge is 2.26. The van der Waals surface area contributed by atoms with Crippen LogP contribution in [-0.4, -0.2) is 36.0 Å². The van der Waals surface area contributed by atoms with Gasteiger partial charge in [-0.25, -0.2) is 5.01 Å². The minimum absolute atomic E-state index is 0.0861. The molecule has 5 heteroatoms. The number of anilines is 1. The van der Waals surface area contributed by atoms with Crippen molar-refractivity contribution in [2.45, 2.75) is 25.7 Å². The van der Waals surface area contributed by atoms with E-state index in [0.717, 1.165) is 12.8 Å². The quantitative estimate of drug-likeness (QED) is 0.599. The summed E-state index contributed by atoms with van der Waals surface area (Å²) < 4.78 is 0. The molecule has 22 heavy (non-hydrogen) atoms. The monoisotopic (exact) mass is 299 g/mol. The smallest absolute Gasteiger partial charge is 0.269 e. The van der Waals surface area contributed by atoms with Crippen molar-refractivity contribution in [2.24, 2.45) is 5.10 Å². The van der Waals surface area contributed by atoms with Crippen LogP contribution in [0.5, 0.6) is 0 Å². The SMILES string of the molecule is C=CCCCN(C)C(=O)C1=NN(c2ccccc2)C(=O)CC1. The molecule has 1 aliphatic rings. The summed E-state index contributed by atoms with van der Waals surface area (Å²) in [6, 6.07) is 9.18. The van der Waals surface area contributed by atoms with Crippen LogP contribution < -0.4 is 5.01 Å². The third kappa shape index (κ3) is 3.81. The summed E-state index contributed by atoms with van der Waals surface area (Å²) in [7, 11) is 1.76. The lowest BCUT2D eigenvalue weighted by molar-refractivity contribution is -0.123. The second-order valence-electron chi connectivity index (χ2n) is 5.25. The summed E-state index contributed by atoms with van der Waals surface area (Å²) in [6.07, 6.45) is 4.29. The van der Waals surface area contributed by atoms with Gasteiger partial charge in [0, 0.05) is 26.4 Å². The van der Waals surface area contributed by atoms with Gasteiger partial charge in [0.05, 0.1) is 5.69 Å². The molecule has 116 valence electrons. The lowest BCUT2D eigenvalue weighted by Crippen LogP contribution is -2.40. The van der Waals surface area contributed by atoms with Gasteiger partial charge in [-0.2, -0.15) is 5.10 Å². The first-order valence-electron chi connectivity index (χ1n) is 7.45. The maximum atomic E-state index is 12.4. The number of carbonyl (C=O) groups excluding carboxylic acids is 2. The van der Waals surface area contributed by atoms with Crippen molar-refractivity contribution in [3.63, 3.8) is 0 Å². The molecule has 0 saturated carbocycles. The summed E-state index contributed by atoms with van der Waals surface area (Å²) >= 11 is 0. The maximum absolute atomic E-state index is 12.4. The molecule has 0 radical (unpaired) electrons. The topological polar surface area (TPSA) is 53.0 Å². The number of hydrogen-bond acceptors (Lipinski definition) is 3. The average Bonchev–Trinajstić information content (AvgIpc) is 2.55. The number of hydrogen-bond donors (Lipinski definition) is 0. The van der Waals surface area contributed by atoms with Crippen molar-refractivity contribution in [1.29, 1.82) is 0 Å². The zero-order chi connectivity index (χ0) is 15.9. The van der Waals surface area contributed by atoms with E-state index in [4.69, 9.17) is 0 Å². The van der Waals surface area contributed by atoms with Crippen molar-refractivity contribution < 1.29 is 9.59 Å². The second-order valence-corrected chi connectivity index (χ2v) is 5.25. The number of hydrazone groups is 1. The number of amides is 2. The van der Waals surface area contributed by atoms with Crippen LogP contribution in [0.15, 0.2) is 48.1 Å². The highest BCUT2D eigenvalue weighted by Crippen LogP contribution is 2.20. The molecule has 1 aromatic rings. The molecule has 0 atom stereocenters. The molecule has 0 N–H and O–H groups in total. The van der Waals surface area contributed by atoms with E-state index in [-0.39, 0.29) is 11.8 Å². The van der Waals surface area contributed by atoms with E-state index in [1.54, 1.807) is 11.9 Å². The molecule has 0 unspecified atom stereocenters. The number of para-hydroxylation sites is 1. The van der Waals surface area contributed by atoms with E-state index >= 15 is 0 Å². The molecular weight excluding hydrogens is 278 g/mol. The summed E-state index contributed by atoms with van der Waals surface area (Å²) in [5.41, 5.74) is 1.12. The van der Waals surface area contributed by atoms with Crippen molar-refractivity contribution in [3.8, 4) is 0 Å². The zero-order valence-electron chi connectivity index (χ0n) is 12.9. The Morgan fingerprint density at radius 3 is 2.77 bits per heavy atom. The summed E-state index contributed by atoms with van der Waals surface area (Å²) in [4.78, 5) is 26.1. The van der Waals surface area contributed by atoms with Crippen molar-refractivity contribution in [2.75, 3.05) is 18.6 Å². The highest BCUT2D eigenvalue weighted by molar-refractivity contribution is 6.40. The molecule has 1 aromatic carbocycles. The number of nitrogens with zero attached hydrogens (tertiary/aromatic N) is 3. The van der Waals surface area contributed by atoms with Gasteiger partial charge in [0.1, 0.15) is 5.71 Å². The van der Waals surface area contributed by atoms with Crippen LogP contribution in [0.2, 0.25) is 0 Å². The first-order valence-corrected chi connectivity index (χ1v) is 7.45. The molecule has 0 fully saturated rings. The number of allylic oxidation sites excluding steroid dienone is 1. The van der Waals surface area contributed by atoms with E-state index in [1.807, 2.05) is 36.4 Å². The van der Waals surface area contributed by atoms with Gasteiger partial charge in [-0.15, -0.1) is 6.58 Å². The number of carbonyl (C=O) groups is 2. The Kier molecular flexibility index (Phi) is 5.47. The zero-order valence-corrected chi connectivity index (χ0v) is 12.9. The fraction of sp³-hybridized carbons (Fsp3) is 0.353. The highest BCUT2D eigenvalue weighted by atomic mass is 16.2. The van der Waals surface area contributed by atoms with Crippen LogP contribution >= 0.6 is 0 Å². The molecule has 0 aliphatic carbocycles. The van der Waals surface area contributed by atoms with E-state index in [1.165, 1.54) is 5.01 Å². The molecule has 2 rings (SSSR count). The molecule has 0 bridgehead atoms. The molecule has 1 aliphatic heterocycles. The van der Waals surface area contributed by atoms with Crippen molar-refractivity contribution >= 4 is 23.2 Å². The predicted octanol–water partition coefficient (Wildman–Crippen LogP) is 2.59. The van der Waals surface area contributed by atoms with Gasteiger partial charge in [0.2, 0.25) is 5.91 Å². The molecule has 2 amide bonds. The first kappa shape index (κ1) is 15.9. The number of rotatable bonds is 6. The minimum atomic E-state index is -0.113. The van der Waals surface area contributed by atoms with Crippen molar-refractivity contribution in [3.05, 3.63) is 43.0 Å². The van der Waals surface area contributed by atoms with Gasteiger partial charge in [0.15, 0.2) is 0 Å². The van der Waals surface area contributed by atoms with E-state index < -0.39 is 0 Å². The standard InChI is InChI=1S/C17H21N3O2/c1-3-4-8-13-19(2)17(22)15-11-12-16(21)20(18-15)14-9-6-5-7-10-14/h3,5-7,9-10H,1,4,8,11-13H2,2H3. The Morgan fingerprint density at radius 1 is 1.36 bits per heavy atom. The van der Waals surface area contributed by atoms with Gasteiger partial charge >= 0.3 is 0 Å². The third-order valence-corrected chi connectivity index (χ3v) is 3.53. The average molecular weight is 299 g/mol. The number of unbranched alkanes of at least 4 members (excludes halogenated alkanes) is 1. The lowest BCUT2D eigenvalue weighted by Gasteiger charge is -2.25. The Labute approximate surface area is 130 Å². The summed E-state index contributed by atoms with van der Waals surface area (Å²) in [6.45, 7) is 4.33. The van der Waals surface area contributed by atoms with Crippen LogP contribution in [0.25, 0.3) is 0 Å². The van der Waals surface area contributed by atoms with Gasteiger partial charge < -0.3 is 4.90 Å². The fourth-order valence-electron chi connectivity index (χ4n) is 2.27. The van der Waals surface area contributed by atoms with Crippen molar-refractivity contribution in [1.82, 2.24) is 4.90 Å². The van der Waals surface area contributed by atoms with E-state index in [0.29, 0.717) is 30.8 Å². The summed E-state index contributed by atoms with van der Waals surface area (Å²) in [5, 5.41) is 5.60. The van der Waals surface area contributed by atoms with Gasteiger partial charge in [-0.1, -0.05) is 24.3 Å². The van der Waals surface area contributed by atoms with Crippen LogP contribution in [-0.2, 0) is 9.59 Å². The van der Waals surface area contributed by atoms with E-state index in [9.17, 15) is 9.59 Å². The molecular formula is C17H21N3O2. The Bertz CT molecular complexity index is 581. The van der Waals surface area contributed by atoms with Crippen LogP contribution in [0.1, 0.15) is 25.7 Å².